The summed E-state index contributed by atoms with van der Waals surface area (Å²) >= 11 is 0. The predicted molar refractivity (Wildman–Crippen MR) is 60.1 cm³/mol. The van der Waals surface area contributed by atoms with Gasteiger partial charge in [0.15, 0.2) is 0 Å². The van der Waals surface area contributed by atoms with Crippen LogP contribution in [0.5, 0.6) is 0 Å². The highest BCUT2D eigenvalue weighted by Gasteiger charge is 2.73. The molecule has 5 nitrogen and oxygen atoms in total. The van der Waals surface area contributed by atoms with Crippen LogP contribution in [0.15, 0.2) is 0 Å². The number of carbonyl (C=O) groups is 1. The SMILES string of the molecule is N#CC12CC(N3CC4CNCCN4C3=O)(C1)C2. The fourth-order valence-corrected chi connectivity index (χ4v) is 4.16. The van der Waals surface area contributed by atoms with E-state index >= 15 is 0 Å². The standard InChI is InChI=1S/C12H16N4O/c13-8-11-5-12(6-11,7-11)16-4-9-3-14-1-2-15(9)10(16)17/h9,14H,1-7H2. The summed E-state index contributed by atoms with van der Waals surface area (Å²) in [7, 11) is 0. The second-order valence-corrected chi connectivity index (χ2v) is 6.09. The number of piperazine rings is 1. The maximum Gasteiger partial charge on any atom is 0.320 e. The summed E-state index contributed by atoms with van der Waals surface area (Å²) in [6.07, 6.45) is 2.74. The van der Waals surface area contributed by atoms with Crippen LogP contribution < -0.4 is 5.32 Å². The molecule has 1 unspecified atom stereocenters. The number of hydrogen-bond acceptors (Lipinski definition) is 3. The number of hydrogen-bond donors (Lipinski definition) is 1. The number of carbonyl (C=O) groups excluding carboxylic acids is 1. The number of amides is 2. The average Bonchev–Trinajstić information content (AvgIpc) is 2.55. The lowest BCUT2D eigenvalue weighted by atomic mass is 9.39. The molecule has 2 bridgehead atoms. The van der Waals surface area contributed by atoms with Gasteiger partial charge in [-0.1, -0.05) is 0 Å². The molecule has 3 saturated carbocycles. The van der Waals surface area contributed by atoms with Crippen LogP contribution in [0, 0.1) is 16.7 Å². The topological polar surface area (TPSA) is 59.4 Å². The fourth-order valence-electron chi connectivity index (χ4n) is 4.16. The molecule has 90 valence electrons. The van der Waals surface area contributed by atoms with Gasteiger partial charge in [0, 0.05) is 31.7 Å². The molecule has 0 aromatic heterocycles. The summed E-state index contributed by atoms with van der Waals surface area (Å²) < 4.78 is 0. The largest absolute Gasteiger partial charge is 0.320 e. The number of urea groups is 1. The molecule has 1 atom stereocenters. The van der Waals surface area contributed by atoms with E-state index in [-0.39, 0.29) is 17.0 Å². The quantitative estimate of drug-likeness (QED) is 0.699. The number of nitrogens with one attached hydrogen (secondary N) is 1. The van der Waals surface area contributed by atoms with Crippen molar-refractivity contribution in [1.82, 2.24) is 15.1 Å². The second kappa shape index (κ2) is 2.75. The lowest BCUT2D eigenvalue weighted by molar-refractivity contribution is -0.163. The Morgan fingerprint density at radius 2 is 2.18 bits per heavy atom. The fraction of sp³-hybridized carbons (Fsp3) is 0.833. The van der Waals surface area contributed by atoms with Gasteiger partial charge in [-0.2, -0.15) is 5.26 Å². The highest BCUT2D eigenvalue weighted by atomic mass is 16.2. The highest BCUT2D eigenvalue weighted by molar-refractivity contribution is 5.79. The van der Waals surface area contributed by atoms with Crippen LogP contribution in [-0.2, 0) is 0 Å². The van der Waals surface area contributed by atoms with Crippen LogP contribution in [0.3, 0.4) is 0 Å². The molecule has 2 heterocycles. The summed E-state index contributed by atoms with van der Waals surface area (Å²) in [5, 5.41) is 12.4. The third-order valence-corrected chi connectivity index (χ3v) is 5.03. The smallest absolute Gasteiger partial charge is 0.317 e. The van der Waals surface area contributed by atoms with Gasteiger partial charge < -0.3 is 15.1 Å². The van der Waals surface area contributed by atoms with Crippen molar-refractivity contribution in [2.24, 2.45) is 5.41 Å². The molecule has 1 N–H and O–H groups in total. The van der Waals surface area contributed by atoms with Crippen LogP contribution in [0.2, 0.25) is 0 Å². The molecule has 5 heteroatoms. The van der Waals surface area contributed by atoms with E-state index in [4.69, 9.17) is 5.26 Å². The Balaban J connectivity index is 1.54. The Morgan fingerprint density at radius 3 is 2.82 bits per heavy atom. The number of fused-ring (bicyclic) bond motifs is 1. The maximum absolute atomic E-state index is 12.3. The van der Waals surface area contributed by atoms with Crippen molar-refractivity contribution in [2.75, 3.05) is 26.2 Å². The third-order valence-electron chi connectivity index (χ3n) is 5.03. The van der Waals surface area contributed by atoms with Crippen LogP contribution in [-0.4, -0.2) is 53.6 Å². The zero-order valence-corrected chi connectivity index (χ0v) is 9.78. The van der Waals surface area contributed by atoms with Gasteiger partial charge in [-0.25, -0.2) is 4.79 Å². The summed E-state index contributed by atoms with van der Waals surface area (Å²) in [5.74, 6) is 0. The van der Waals surface area contributed by atoms with E-state index in [0.717, 1.165) is 45.4 Å². The summed E-state index contributed by atoms with van der Waals surface area (Å²) in [5.41, 5.74) is -0.00816. The first-order valence-corrected chi connectivity index (χ1v) is 6.38. The first kappa shape index (κ1) is 9.72. The molecule has 0 spiro atoms. The Morgan fingerprint density at radius 1 is 1.41 bits per heavy atom. The van der Waals surface area contributed by atoms with Gasteiger partial charge in [0.2, 0.25) is 0 Å². The Kier molecular flexibility index (Phi) is 1.57. The summed E-state index contributed by atoms with van der Waals surface area (Å²) in [6.45, 7) is 3.51. The zero-order valence-electron chi connectivity index (χ0n) is 9.78. The summed E-state index contributed by atoms with van der Waals surface area (Å²) in [4.78, 5) is 16.4. The van der Waals surface area contributed by atoms with Gasteiger partial charge in [-0.15, -0.1) is 0 Å². The molecule has 3 aliphatic carbocycles. The molecule has 0 aromatic rings. The number of nitrogens with zero attached hydrogens (tertiary/aromatic N) is 3. The minimum Gasteiger partial charge on any atom is -0.317 e. The van der Waals surface area contributed by atoms with Crippen molar-refractivity contribution in [3.8, 4) is 6.07 Å². The van der Waals surface area contributed by atoms with E-state index in [1.165, 1.54) is 0 Å². The minimum atomic E-state index is -0.0678. The van der Waals surface area contributed by atoms with Crippen molar-refractivity contribution < 1.29 is 4.79 Å². The molecule has 5 fully saturated rings. The van der Waals surface area contributed by atoms with Crippen molar-refractivity contribution in [3.05, 3.63) is 0 Å². The molecule has 5 aliphatic rings. The van der Waals surface area contributed by atoms with Gasteiger partial charge in [0.05, 0.1) is 17.5 Å². The lowest BCUT2D eigenvalue weighted by Crippen LogP contribution is -2.74. The van der Waals surface area contributed by atoms with Crippen LogP contribution >= 0.6 is 0 Å². The molecule has 2 saturated heterocycles. The van der Waals surface area contributed by atoms with Crippen LogP contribution in [0.4, 0.5) is 4.79 Å². The Labute approximate surface area is 100 Å². The van der Waals surface area contributed by atoms with Gasteiger partial charge in [0.1, 0.15) is 0 Å². The second-order valence-electron chi connectivity index (χ2n) is 6.09. The molecular formula is C12H16N4O. The van der Waals surface area contributed by atoms with Crippen molar-refractivity contribution >= 4 is 6.03 Å². The number of nitriles is 1. The van der Waals surface area contributed by atoms with E-state index in [1.54, 1.807) is 0 Å². The van der Waals surface area contributed by atoms with Gasteiger partial charge in [-0.3, -0.25) is 0 Å². The van der Waals surface area contributed by atoms with Gasteiger partial charge in [-0.05, 0) is 19.3 Å². The van der Waals surface area contributed by atoms with Crippen molar-refractivity contribution in [1.29, 1.82) is 5.26 Å². The van der Waals surface area contributed by atoms with Crippen LogP contribution in [0.1, 0.15) is 19.3 Å². The predicted octanol–water partition coefficient (Wildman–Crippen LogP) is 0.142. The summed E-state index contributed by atoms with van der Waals surface area (Å²) in [6, 6.07) is 2.97. The van der Waals surface area contributed by atoms with Crippen LogP contribution in [0.25, 0.3) is 0 Å². The van der Waals surface area contributed by atoms with E-state index in [2.05, 4.69) is 16.3 Å². The molecule has 0 radical (unpaired) electrons. The Bertz CT molecular complexity index is 421. The normalized spacial score (nSPS) is 47.0. The molecule has 2 amide bonds. The van der Waals surface area contributed by atoms with E-state index in [0.29, 0.717) is 6.04 Å². The highest BCUT2D eigenvalue weighted by Crippen LogP contribution is 2.70. The van der Waals surface area contributed by atoms with E-state index in [9.17, 15) is 4.79 Å². The lowest BCUT2D eigenvalue weighted by Gasteiger charge is -2.69. The molecular weight excluding hydrogens is 216 g/mol. The minimum absolute atomic E-state index is 0.0597. The first-order valence-electron chi connectivity index (χ1n) is 6.38. The number of rotatable bonds is 1. The van der Waals surface area contributed by atoms with E-state index in [1.807, 2.05) is 4.90 Å². The van der Waals surface area contributed by atoms with Crippen molar-refractivity contribution in [2.45, 2.75) is 30.8 Å². The van der Waals surface area contributed by atoms with E-state index < -0.39 is 0 Å². The van der Waals surface area contributed by atoms with Crippen molar-refractivity contribution in [3.63, 3.8) is 0 Å². The van der Waals surface area contributed by atoms with Gasteiger partial charge in [0.25, 0.3) is 0 Å². The Hall–Kier alpha value is -1.28. The third kappa shape index (κ3) is 1.00. The maximum atomic E-state index is 12.3. The molecule has 0 aromatic carbocycles. The molecule has 5 rings (SSSR count). The zero-order chi connectivity index (χ0) is 11.7. The van der Waals surface area contributed by atoms with Gasteiger partial charge >= 0.3 is 6.03 Å². The monoisotopic (exact) mass is 232 g/mol. The first-order chi connectivity index (χ1) is 8.18. The molecule has 17 heavy (non-hydrogen) atoms. The average molecular weight is 232 g/mol. The molecule has 2 aliphatic heterocycles.